The summed E-state index contributed by atoms with van der Waals surface area (Å²) >= 11 is 0. The van der Waals surface area contributed by atoms with Gasteiger partial charge in [-0.3, -0.25) is 4.68 Å². The molecule has 1 fully saturated rings. The van der Waals surface area contributed by atoms with E-state index >= 15 is 0 Å². The summed E-state index contributed by atoms with van der Waals surface area (Å²) in [5.74, 6) is -0.557. The van der Waals surface area contributed by atoms with Crippen LogP contribution >= 0.6 is 0 Å². The Hall–Kier alpha value is -1.24. The van der Waals surface area contributed by atoms with Gasteiger partial charge in [0.2, 0.25) is 0 Å². The number of hydrogen-bond donors (Lipinski definition) is 1. The van der Waals surface area contributed by atoms with E-state index < -0.39 is 12.1 Å². The molecule has 1 aromatic heterocycles. The van der Waals surface area contributed by atoms with Crippen LogP contribution in [0.3, 0.4) is 0 Å². The van der Waals surface area contributed by atoms with E-state index in [9.17, 15) is 13.2 Å². The third kappa shape index (κ3) is 4.13. The topological polar surface area (TPSA) is 39.1 Å². The molecule has 1 heterocycles. The second-order valence-corrected chi connectivity index (χ2v) is 5.20. The summed E-state index contributed by atoms with van der Waals surface area (Å²) in [5.41, 5.74) is 0. The van der Waals surface area contributed by atoms with Gasteiger partial charge in [-0.05, 0) is 19.3 Å². The number of nitrogens with one attached hydrogen (secondary N) is 1. The monoisotopic (exact) mass is 291 g/mol. The quantitative estimate of drug-likeness (QED) is 0.906. The van der Waals surface area contributed by atoms with Gasteiger partial charge in [0.1, 0.15) is 5.82 Å². The summed E-state index contributed by atoms with van der Waals surface area (Å²) in [4.78, 5) is 0. The van der Waals surface area contributed by atoms with Gasteiger partial charge in [-0.1, -0.05) is 6.42 Å². The van der Waals surface area contributed by atoms with Crippen LogP contribution in [0.15, 0.2) is 12.3 Å². The Kier molecular flexibility index (Phi) is 4.91. The summed E-state index contributed by atoms with van der Waals surface area (Å²) in [5, 5.41) is 7.38. The Morgan fingerprint density at radius 2 is 2.25 bits per heavy atom. The molecular weight excluding hydrogens is 271 g/mol. The van der Waals surface area contributed by atoms with E-state index in [0.717, 1.165) is 6.42 Å². The van der Waals surface area contributed by atoms with E-state index in [1.54, 1.807) is 24.1 Å². The first kappa shape index (κ1) is 15.2. The van der Waals surface area contributed by atoms with Gasteiger partial charge in [-0.15, -0.1) is 0 Å². The molecule has 0 aliphatic heterocycles. The lowest BCUT2D eigenvalue weighted by molar-refractivity contribution is -0.182. The molecule has 1 saturated carbocycles. The molecule has 20 heavy (non-hydrogen) atoms. The van der Waals surface area contributed by atoms with Crippen molar-refractivity contribution in [1.82, 2.24) is 9.78 Å². The summed E-state index contributed by atoms with van der Waals surface area (Å²) in [6, 6.07) is 1.63. The van der Waals surface area contributed by atoms with Crippen molar-refractivity contribution in [3.8, 4) is 0 Å². The Morgan fingerprint density at radius 3 is 2.95 bits per heavy atom. The molecule has 1 aromatic rings. The van der Waals surface area contributed by atoms with E-state index in [4.69, 9.17) is 4.74 Å². The van der Waals surface area contributed by atoms with Crippen LogP contribution in [-0.4, -0.2) is 35.7 Å². The largest absolute Gasteiger partial charge is 0.391 e. The molecule has 0 radical (unpaired) electrons. The molecule has 7 heteroatoms. The molecule has 0 aromatic carbocycles. The first-order valence-electron chi connectivity index (χ1n) is 6.84. The lowest BCUT2D eigenvalue weighted by atomic mass is 9.85. The smallest absolute Gasteiger partial charge is 0.383 e. The average Bonchev–Trinajstić information content (AvgIpc) is 2.83. The number of halogens is 3. The van der Waals surface area contributed by atoms with Crippen LogP contribution in [0.1, 0.15) is 25.7 Å². The van der Waals surface area contributed by atoms with E-state index in [-0.39, 0.29) is 18.9 Å². The zero-order valence-corrected chi connectivity index (χ0v) is 11.5. The zero-order chi connectivity index (χ0) is 14.6. The normalized spacial score (nSPS) is 23.8. The number of anilines is 1. The maximum atomic E-state index is 12.7. The molecule has 0 spiro atoms. The highest BCUT2D eigenvalue weighted by Gasteiger charge is 2.42. The molecule has 1 aliphatic carbocycles. The standard InChI is InChI=1S/C13H20F3N3O/c1-20-8-7-19-6-5-12(18-19)17-11-4-2-3-10(9-11)13(14,15)16/h5-6,10-11H,2-4,7-9H2,1H3,(H,17,18). The average molecular weight is 291 g/mol. The Morgan fingerprint density at radius 1 is 1.45 bits per heavy atom. The van der Waals surface area contributed by atoms with Gasteiger partial charge in [0, 0.05) is 25.4 Å². The molecule has 2 atom stereocenters. The Labute approximate surface area is 116 Å². The van der Waals surface area contributed by atoms with Crippen molar-refractivity contribution >= 4 is 5.82 Å². The van der Waals surface area contributed by atoms with Crippen LogP contribution in [0.4, 0.5) is 19.0 Å². The summed E-state index contributed by atoms with van der Waals surface area (Å²) in [6.07, 6.45) is -0.550. The second-order valence-electron chi connectivity index (χ2n) is 5.20. The van der Waals surface area contributed by atoms with Crippen molar-refractivity contribution in [2.75, 3.05) is 19.0 Å². The van der Waals surface area contributed by atoms with Crippen molar-refractivity contribution in [3.05, 3.63) is 12.3 Å². The Balaban J connectivity index is 1.87. The molecule has 0 amide bonds. The fourth-order valence-corrected chi connectivity index (χ4v) is 2.58. The molecule has 1 aliphatic rings. The lowest BCUT2D eigenvalue weighted by Gasteiger charge is -2.31. The van der Waals surface area contributed by atoms with Crippen LogP contribution in [0.5, 0.6) is 0 Å². The van der Waals surface area contributed by atoms with Crippen LogP contribution in [-0.2, 0) is 11.3 Å². The third-order valence-corrected chi connectivity index (χ3v) is 3.65. The van der Waals surface area contributed by atoms with Crippen LogP contribution in [0, 0.1) is 5.92 Å². The van der Waals surface area contributed by atoms with Crippen molar-refractivity contribution in [2.24, 2.45) is 5.92 Å². The van der Waals surface area contributed by atoms with E-state index in [1.165, 1.54) is 0 Å². The maximum absolute atomic E-state index is 12.7. The predicted molar refractivity (Wildman–Crippen MR) is 69.5 cm³/mol. The highest BCUT2D eigenvalue weighted by atomic mass is 19.4. The molecule has 114 valence electrons. The van der Waals surface area contributed by atoms with E-state index in [2.05, 4.69) is 10.4 Å². The van der Waals surface area contributed by atoms with Gasteiger partial charge in [0.15, 0.2) is 0 Å². The minimum absolute atomic E-state index is 0.133. The van der Waals surface area contributed by atoms with Gasteiger partial charge >= 0.3 is 6.18 Å². The van der Waals surface area contributed by atoms with Gasteiger partial charge in [-0.25, -0.2) is 0 Å². The predicted octanol–water partition coefficient (Wildman–Crippen LogP) is 3.06. The lowest BCUT2D eigenvalue weighted by Crippen LogP contribution is -2.34. The third-order valence-electron chi connectivity index (χ3n) is 3.65. The van der Waals surface area contributed by atoms with Gasteiger partial charge < -0.3 is 10.1 Å². The van der Waals surface area contributed by atoms with Gasteiger partial charge in [-0.2, -0.15) is 18.3 Å². The molecule has 0 saturated heterocycles. The van der Waals surface area contributed by atoms with E-state index in [1.807, 2.05) is 0 Å². The van der Waals surface area contributed by atoms with Crippen molar-refractivity contribution in [2.45, 2.75) is 44.4 Å². The van der Waals surface area contributed by atoms with Gasteiger partial charge in [0.25, 0.3) is 0 Å². The molecule has 2 rings (SSSR count). The molecule has 1 N–H and O–H groups in total. The highest BCUT2D eigenvalue weighted by molar-refractivity contribution is 5.33. The minimum atomic E-state index is -4.09. The number of rotatable bonds is 5. The Bertz CT molecular complexity index is 419. The zero-order valence-electron chi connectivity index (χ0n) is 11.5. The number of alkyl halides is 3. The fourth-order valence-electron chi connectivity index (χ4n) is 2.58. The van der Waals surface area contributed by atoms with Crippen molar-refractivity contribution < 1.29 is 17.9 Å². The second kappa shape index (κ2) is 6.47. The highest BCUT2D eigenvalue weighted by Crippen LogP contribution is 2.38. The molecular formula is C13H20F3N3O. The molecule has 2 unspecified atom stereocenters. The van der Waals surface area contributed by atoms with E-state index in [0.29, 0.717) is 25.4 Å². The fraction of sp³-hybridized carbons (Fsp3) is 0.769. The molecule has 0 bridgehead atoms. The van der Waals surface area contributed by atoms with Crippen LogP contribution in [0.2, 0.25) is 0 Å². The number of hydrogen-bond acceptors (Lipinski definition) is 3. The van der Waals surface area contributed by atoms with Crippen LogP contribution < -0.4 is 5.32 Å². The van der Waals surface area contributed by atoms with Crippen molar-refractivity contribution in [1.29, 1.82) is 0 Å². The SMILES string of the molecule is COCCn1ccc(NC2CCCC(C(F)(F)F)C2)n1. The maximum Gasteiger partial charge on any atom is 0.391 e. The van der Waals surface area contributed by atoms with Crippen LogP contribution in [0.25, 0.3) is 0 Å². The summed E-state index contributed by atoms with van der Waals surface area (Å²) < 4.78 is 44.9. The first-order valence-corrected chi connectivity index (χ1v) is 6.84. The summed E-state index contributed by atoms with van der Waals surface area (Å²) in [6.45, 7) is 1.19. The number of ether oxygens (including phenoxy) is 1. The summed E-state index contributed by atoms with van der Waals surface area (Å²) in [7, 11) is 1.61. The molecule has 4 nitrogen and oxygen atoms in total. The first-order chi connectivity index (χ1) is 9.49. The van der Waals surface area contributed by atoms with Gasteiger partial charge in [0.05, 0.1) is 19.1 Å². The van der Waals surface area contributed by atoms with Crippen molar-refractivity contribution in [3.63, 3.8) is 0 Å². The number of nitrogens with zero attached hydrogens (tertiary/aromatic N) is 2. The minimum Gasteiger partial charge on any atom is -0.383 e. The number of methoxy groups -OCH3 is 1. The number of aromatic nitrogens is 2.